The van der Waals surface area contributed by atoms with Crippen molar-refractivity contribution in [2.24, 2.45) is 5.92 Å². The number of piperidine rings is 1. The van der Waals surface area contributed by atoms with E-state index >= 15 is 0 Å². The van der Waals surface area contributed by atoms with Crippen LogP contribution in [0.4, 0.5) is 0 Å². The standard InChI is InChI=1S/C18H25ClN2O2/c1-13-6-7-14(11-16(13)19)8-9-17(22)21-10-4-5-15(12-21)18(23)20(2)3/h6-7,11,15H,4-5,8-10,12H2,1-3H3/t15-/m1/s1. The van der Waals surface area contributed by atoms with Gasteiger partial charge in [0.2, 0.25) is 11.8 Å². The van der Waals surface area contributed by atoms with E-state index in [9.17, 15) is 9.59 Å². The van der Waals surface area contributed by atoms with Gasteiger partial charge in [-0.05, 0) is 43.4 Å². The Kier molecular flexibility index (Phi) is 6.05. The third kappa shape index (κ3) is 4.71. The zero-order valence-electron chi connectivity index (χ0n) is 14.1. The lowest BCUT2D eigenvalue weighted by Crippen LogP contribution is -2.45. The molecule has 0 spiro atoms. The van der Waals surface area contributed by atoms with Crippen LogP contribution in [0.3, 0.4) is 0 Å². The van der Waals surface area contributed by atoms with Gasteiger partial charge in [0.15, 0.2) is 0 Å². The van der Waals surface area contributed by atoms with Gasteiger partial charge in [-0.15, -0.1) is 0 Å². The van der Waals surface area contributed by atoms with Crippen molar-refractivity contribution < 1.29 is 9.59 Å². The second-order valence-electron chi connectivity index (χ2n) is 6.50. The van der Waals surface area contributed by atoms with Gasteiger partial charge in [-0.3, -0.25) is 9.59 Å². The van der Waals surface area contributed by atoms with E-state index in [1.807, 2.05) is 30.0 Å². The van der Waals surface area contributed by atoms with E-state index in [1.165, 1.54) is 0 Å². The van der Waals surface area contributed by atoms with Crippen molar-refractivity contribution in [2.75, 3.05) is 27.2 Å². The fourth-order valence-corrected chi connectivity index (χ4v) is 3.17. The maximum Gasteiger partial charge on any atom is 0.226 e. The number of nitrogens with zero attached hydrogens (tertiary/aromatic N) is 2. The minimum absolute atomic E-state index is 0.0588. The molecule has 1 aromatic rings. The highest BCUT2D eigenvalue weighted by Crippen LogP contribution is 2.21. The number of likely N-dealkylation sites (tertiary alicyclic amines) is 1. The van der Waals surface area contributed by atoms with Crippen LogP contribution in [0.2, 0.25) is 5.02 Å². The molecule has 0 bridgehead atoms. The molecule has 1 aliphatic rings. The van der Waals surface area contributed by atoms with Crippen LogP contribution in [0.15, 0.2) is 18.2 Å². The third-order valence-electron chi connectivity index (χ3n) is 4.43. The number of amides is 2. The fourth-order valence-electron chi connectivity index (χ4n) is 2.97. The molecule has 0 N–H and O–H groups in total. The first-order chi connectivity index (χ1) is 10.9. The molecular formula is C18H25ClN2O2. The first-order valence-electron chi connectivity index (χ1n) is 8.12. The summed E-state index contributed by atoms with van der Waals surface area (Å²) in [6, 6.07) is 5.93. The number of carbonyl (C=O) groups excluding carboxylic acids is 2. The predicted octanol–water partition coefficient (Wildman–Crippen LogP) is 2.91. The molecule has 0 aliphatic carbocycles. The van der Waals surface area contributed by atoms with Crippen molar-refractivity contribution in [3.05, 3.63) is 34.3 Å². The minimum atomic E-state index is -0.0588. The number of halogens is 1. The Morgan fingerprint density at radius 2 is 2.09 bits per heavy atom. The Balaban J connectivity index is 1.89. The smallest absolute Gasteiger partial charge is 0.226 e. The molecule has 2 rings (SSSR count). The maximum absolute atomic E-state index is 12.4. The molecule has 23 heavy (non-hydrogen) atoms. The Hall–Kier alpha value is -1.55. The molecule has 5 heteroatoms. The quantitative estimate of drug-likeness (QED) is 0.848. The molecule has 4 nitrogen and oxygen atoms in total. The summed E-state index contributed by atoms with van der Waals surface area (Å²) >= 11 is 6.12. The van der Waals surface area contributed by atoms with E-state index in [2.05, 4.69) is 0 Å². The molecule has 1 saturated heterocycles. The zero-order valence-corrected chi connectivity index (χ0v) is 14.9. The average molecular weight is 337 g/mol. The van der Waals surface area contributed by atoms with Crippen molar-refractivity contribution in [1.82, 2.24) is 9.80 Å². The Labute approximate surface area is 143 Å². The summed E-state index contributed by atoms with van der Waals surface area (Å²) in [4.78, 5) is 28.0. The van der Waals surface area contributed by atoms with Gasteiger partial charge in [-0.1, -0.05) is 23.7 Å². The number of rotatable bonds is 4. The molecule has 1 fully saturated rings. The van der Waals surface area contributed by atoms with Crippen LogP contribution in [0.25, 0.3) is 0 Å². The van der Waals surface area contributed by atoms with Gasteiger partial charge >= 0.3 is 0 Å². The SMILES string of the molecule is Cc1ccc(CCC(=O)N2CCC[C@@H](C(=O)N(C)C)C2)cc1Cl. The van der Waals surface area contributed by atoms with E-state index in [1.54, 1.807) is 19.0 Å². The number of hydrogen-bond acceptors (Lipinski definition) is 2. The fraction of sp³-hybridized carbons (Fsp3) is 0.556. The topological polar surface area (TPSA) is 40.6 Å². The summed E-state index contributed by atoms with van der Waals surface area (Å²) in [6.07, 6.45) is 2.91. The van der Waals surface area contributed by atoms with Crippen molar-refractivity contribution in [3.8, 4) is 0 Å². The van der Waals surface area contributed by atoms with Crippen LogP contribution < -0.4 is 0 Å². The molecule has 1 atom stereocenters. The summed E-state index contributed by atoms with van der Waals surface area (Å²) in [5.74, 6) is 0.183. The Morgan fingerprint density at radius 3 is 2.74 bits per heavy atom. The summed E-state index contributed by atoms with van der Waals surface area (Å²) in [7, 11) is 3.54. The van der Waals surface area contributed by atoms with E-state index in [4.69, 9.17) is 11.6 Å². The van der Waals surface area contributed by atoms with Gasteiger partial charge in [0, 0.05) is 38.6 Å². The molecule has 0 saturated carbocycles. The summed E-state index contributed by atoms with van der Waals surface area (Å²) in [5.41, 5.74) is 2.12. The van der Waals surface area contributed by atoms with Gasteiger partial charge in [0.25, 0.3) is 0 Å². The summed E-state index contributed by atoms with van der Waals surface area (Å²) in [5, 5.41) is 0.740. The first kappa shape index (κ1) is 17.8. The molecule has 2 amide bonds. The predicted molar refractivity (Wildman–Crippen MR) is 92.5 cm³/mol. The van der Waals surface area contributed by atoms with E-state index in [-0.39, 0.29) is 17.7 Å². The first-order valence-corrected chi connectivity index (χ1v) is 8.50. The van der Waals surface area contributed by atoms with Crippen LogP contribution in [0.1, 0.15) is 30.4 Å². The van der Waals surface area contributed by atoms with Crippen LogP contribution in [0, 0.1) is 12.8 Å². The molecule has 0 unspecified atom stereocenters. The second-order valence-corrected chi connectivity index (χ2v) is 6.90. The minimum Gasteiger partial charge on any atom is -0.349 e. The van der Waals surface area contributed by atoms with Crippen molar-refractivity contribution >= 4 is 23.4 Å². The van der Waals surface area contributed by atoms with Crippen molar-refractivity contribution in [2.45, 2.75) is 32.6 Å². The molecule has 126 valence electrons. The van der Waals surface area contributed by atoms with Gasteiger partial charge in [-0.2, -0.15) is 0 Å². The lowest BCUT2D eigenvalue weighted by Gasteiger charge is -2.33. The highest BCUT2D eigenvalue weighted by atomic mass is 35.5. The van der Waals surface area contributed by atoms with E-state index in [0.717, 1.165) is 35.5 Å². The summed E-state index contributed by atoms with van der Waals surface area (Å²) < 4.78 is 0. The Morgan fingerprint density at radius 1 is 1.35 bits per heavy atom. The zero-order chi connectivity index (χ0) is 17.0. The van der Waals surface area contributed by atoms with Crippen molar-refractivity contribution in [3.63, 3.8) is 0 Å². The van der Waals surface area contributed by atoms with Crippen LogP contribution in [0.5, 0.6) is 0 Å². The van der Waals surface area contributed by atoms with Gasteiger partial charge in [0.05, 0.1) is 5.92 Å². The lowest BCUT2D eigenvalue weighted by atomic mass is 9.96. The summed E-state index contributed by atoms with van der Waals surface area (Å²) in [6.45, 7) is 3.27. The van der Waals surface area contributed by atoms with E-state index in [0.29, 0.717) is 19.4 Å². The molecule has 0 aromatic heterocycles. The third-order valence-corrected chi connectivity index (χ3v) is 4.84. The van der Waals surface area contributed by atoms with Crippen LogP contribution >= 0.6 is 11.6 Å². The number of hydrogen-bond donors (Lipinski definition) is 0. The second kappa shape index (κ2) is 7.82. The number of carbonyl (C=O) groups is 2. The van der Waals surface area contributed by atoms with E-state index < -0.39 is 0 Å². The number of benzene rings is 1. The molecule has 0 radical (unpaired) electrons. The normalized spacial score (nSPS) is 17.9. The maximum atomic E-state index is 12.4. The van der Waals surface area contributed by atoms with Crippen LogP contribution in [-0.2, 0) is 16.0 Å². The Bertz CT molecular complexity index is 586. The molecular weight excluding hydrogens is 312 g/mol. The average Bonchev–Trinajstić information content (AvgIpc) is 2.55. The van der Waals surface area contributed by atoms with Gasteiger partial charge in [0.1, 0.15) is 0 Å². The highest BCUT2D eigenvalue weighted by Gasteiger charge is 2.28. The van der Waals surface area contributed by atoms with Crippen LogP contribution in [-0.4, -0.2) is 48.8 Å². The van der Waals surface area contributed by atoms with Gasteiger partial charge < -0.3 is 9.80 Å². The van der Waals surface area contributed by atoms with Crippen molar-refractivity contribution in [1.29, 1.82) is 0 Å². The molecule has 1 heterocycles. The number of aryl methyl sites for hydroxylation is 2. The molecule has 1 aliphatic heterocycles. The molecule has 1 aromatic carbocycles. The largest absolute Gasteiger partial charge is 0.349 e. The lowest BCUT2D eigenvalue weighted by molar-refractivity contribution is -0.139. The monoisotopic (exact) mass is 336 g/mol. The highest BCUT2D eigenvalue weighted by molar-refractivity contribution is 6.31. The van der Waals surface area contributed by atoms with Gasteiger partial charge in [-0.25, -0.2) is 0 Å².